The lowest BCUT2D eigenvalue weighted by Gasteiger charge is -1.90. The Morgan fingerprint density at radius 3 is 3.55 bits per heavy atom. The number of methoxy groups -OCH3 is 1. The van der Waals surface area contributed by atoms with Gasteiger partial charge in [-0.1, -0.05) is 5.21 Å². The lowest BCUT2D eigenvalue weighted by atomic mass is 10.5. The van der Waals surface area contributed by atoms with Crippen LogP contribution in [0.25, 0.3) is 0 Å². The summed E-state index contributed by atoms with van der Waals surface area (Å²) in [5.41, 5.74) is -0.254. The summed E-state index contributed by atoms with van der Waals surface area (Å²) in [5.74, 6) is -0.812. The molecule has 60 valence electrons. The molecule has 0 saturated carbocycles. The van der Waals surface area contributed by atoms with Crippen LogP contribution in [0.1, 0.15) is 24.2 Å². The zero-order valence-electron chi connectivity index (χ0n) is 10.7. The molecule has 0 atom stereocenters. The van der Waals surface area contributed by atoms with E-state index in [1.54, 1.807) is 0 Å². The van der Waals surface area contributed by atoms with E-state index in [1.165, 1.54) is 0 Å². The van der Waals surface area contributed by atoms with Crippen molar-refractivity contribution in [3.8, 4) is 0 Å². The van der Waals surface area contributed by atoms with Gasteiger partial charge in [0.2, 0.25) is 0 Å². The molecule has 0 aromatic carbocycles. The van der Waals surface area contributed by atoms with Crippen LogP contribution in [-0.2, 0) is 11.2 Å². The summed E-state index contributed by atoms with van der Waals surface area (Å²) in [4.78, 5) is 11.0. The highest BCUT2D eigenvalue weighted by Crippen LogP contribution is 1.94. The number of hydrogen-bond donors (Lipinski definition) is 0. The molecule has 1 rings (SSSR count). The maximum Gasteiger partial charge on any atom is 0.360 e. The minimum absolute atomic E-state index is 0.254. The predicted molar refractivity (Wildman–Crippen MR) is 37.0 cm³/mol. The van der Waals surface area contributed by atoms with Crippen molar-refractivity contribution in [2.45, 2.75) is 13.3 Å². The summed E-state index contributed by atoms with van der Waals surface area (Å²) in [6, 6.07) is 0. The maximum absolute atomic E-state index is 11.0. The van der Waals surface area contributed by atoms with Crippen LogP contribution in [0, 0.1) is 0 Å². The van der Waals surface area contributed by atoms with Crippen molar-refractivity contribution in [2.75, 3.05) is 7.11 Å². The van der Waals surface area contributed by atoms with Crippen LogP contribution in [-0.4, -0.2) is 28.1 Å². The fourth-order valence-electron chi connectivity index (χ4n) is 0.517. The van der Waals surface area contributed by atoms with E-state index in [0.29, 0.717) is 4.68 Å². The fraction of sp³-hybridized carbons (Fsp3) is 0.500. The van der Waals surface area contributed by atoms with Crippen molar-refractivity contribution in [1.29, 1.82) is 0 Å². The highest BCUT2D eigenvalue weighted by molar-refractivity contribution is 5.86. The molecule has 5 heteroatoms. The SMILES string of the molecule is [2H]C([2H])([2H])C([2H])([2H])n1cc(C(=O)OC)nn1. The van der Waals surface area contributed by atoms with Crippen LogP contribution in [0.15, 0.2) is 6.20 Å². The summed E-state index contributed by atoms with van der Waals surface area (Å²) < 4.78 is 40.5. The predicted octanol–water partition coefficient (Wildman–Crippen LogP) is 0.0846. The van der Waals surface area contributed by atoms with Gasteiger partial charge >= 0.3 is 5.97 Å². The van der Waals surface area contributed by atoms with E-state index < -0.39 is 19.3 Å². The Morgan fingerprint density at radius 1 is 2.09 bits per heavy atom. The number of ether oxygens (including phenoxy) is 1. The van der Waals surface area contributed by atoms with Crippen molar-refractivity contribution >= 4 is 5.97 Å². The fourth-order valence-corrected chi connectivity index (χ4v) is 0.517. The average molecular weight is 160 g/mol. The molecule has 0 N–H and O–H groups in total. The van der Waals surface area contributed by atoms with Crippen LogP contribution in [0.5, 0.6) is 0 Å². The van der Waals surface area contributed by atoms with Gasteiger partial charge in [0.15, 0.2) is 5.69 Å². The van der Waals surface area contributed by atoms with E-state index >= 15 is 0 Å². The molecule has 0 saturated heterocycles. The van der Waals surface area contributed by atoms with Crippen LogP contribution >= 0.6 is 0 Å². The molecule has 5 nitrogen and oxygen atoms in total. The van der Waals surface area contributed by atoms with Crippen molar-refractivity contribution < 1.29 is 16.4 Å². The van der Waals surface area contributed by atoms with E-state index in [-0.39, 0.29) is 5.69 Å². The molecule has 1 aromatic heterocycles. The van der Waals surface area contributed by atoms with Crippen molar-refractivity contribution in [3.05, 3.63) is 11.9 Å². The summed E-state index contributed by atoms with van der Waals surface area (Å²) >= 11 is 0. The second kappa shape index (κ2) is 3.14. The van der Waals surface area contributed by atoms with Crippen LogP contribution < -0.4 is 0 Å². The van der Waals surface area contributed by atoms with Gasteiger partial charge < -0.3 is 4.74 Å². The summed E-state index contributed by atoms with van der Waals surface area (Å²) in [6.45, 7) is -5.64. The molecular weight excluding hydrogens is 146 g/mol. The molecule has 0 fully saturated rings. The molecule has 1 heterocycles. The molecule has 0 spiro atoms. The van der Waals surface area contributed by atoms with Gasteiger partial charge in [-0.05, 0) is 6.85 Å². The maximum atomic E-state index is 11.0. The van der Waals surface area contributed by atoms with Gasteiger partial charge in [-0.15, -0.1) is 5.10 Å². The third-order valence-electron chi connectivity index (χ3n) is 1.00. The second-order valence-electron chi connectivity index (χ2n) is 1.65. The molecule has 0 aliphatic carbocycles. The van der Waals surface area contributed by atoms with Gasteiger partial charge in [0.25, 0.3) is 0 Å². The Hall–Kier alpha value is -1.39. The third kappa shape index (κ3) is 1.54. The highest BCUT2D eigenvalue weighted by Gasteiger charge is 2.08. The molecule has 0 bridgehead atoms. The molecule has 0 unspecified atom stereocenters. The molecule has 1 aromatic rings. The zero-order valence-corrected chi connectivity index (χ0v) is 5.74. The minimum Gasteiger partial charge on any atom is -0.464 e. The molecule has 0 aliphatic rings. The third-order valence-corrected chi connectivity index (χ3v) is 1.00. The van der Waals surface area contributed by atoms with E-state index in [9.17, 15) is 4.79 Å². The van der Waals surface area contributed by atoms with E-state index in [2.05, 4.69) is 15.0 Å². The van der Waals surface area contributed by atoms with Gasteiger partial charge in [0, 0.05) is 10.6 Å². The topological polar surface area (TPSA) is 57.0 Å². The largest absolute Gasteiger partial charge is 0.464 e. The first-order valence-corrected chi connectivity index (χ1v) is 2.71. The van der Waals surface area contributed by atoms with E-state index in [4.69, 9.17) is 6.85 Å². The average Bonchev–Trinajstić information content (AvgIpc) is 2.64. The number of carbonyl (C=O) groups is 1. The molecular formula is C6H9N3O2. The van der Waals surface area contributed by atoms with Gasteiger partial charge in [-0.3, -0.25) is 4.68 Å². The zero-order chi connectivity index (χ0) is 12.6. The Bertz CT molecular complexity index is 399. The second-order valence-corrected chi connectivity index (χ2v) is 1.65. The van der Waals surface area contributed by atoms with Crippen LogP contribution in [0.2, 0.25) is 0 Å². The van der Waals surface area contributed by atoms with Crippen LogP contribution in [0.3, 0.4) is 0 Å². The van der Waals surface area contributed by atoms with E-state index in [1.807, 2.05) is 0 Å². The highest BCUT2D eigenvalue weighted by atomic mass is 16.5. The lowest BCUT2D eigenvalue weighted by Crippen LogP contribution is -2.01. The Balaban J connectivity index is 3.07. The van der Waals surface area contributed by atoms with Gasteiger partial charge in [-0.2, -0.15) is 0 Å². The Labute approximate surface area is 71.0 Å². The smallest absolute Gasteiger partial charge is 0.360 e. The monoisotopic (exact) mass is 160 g/mol. The number of esters is 1. The van der Waals surface area contributed by atoms with Crippen LogP contribution in [0.4, 0.5) is 0 Å². The summed E-state index contributed by atoms with van der Waals surface area (Å²) in [7, 11) is 1.12. The first-order chi connectivity index (χ1) is 7.20. The number of hydrogen-bond acceptors (Lipinski definition) is 4. The first kappa shape index (κ1) is 3.34. The number of carbonyl (C=O) groups excluding carboxylic acids is 1. The van der Waals surface area contributed by atoms with Crippen molar-refractivity contribution in [1.82, 2.24) is 15.0 Å². The van der Waals surface area contributed by atoms with Gasteiger partial charge in [0.05, 0.1) is 16.0 Å². The standard InChI is InChI=1S/C6H9N3O2/c1-3-9-4-5(7-8-9)6(10)11-2/h4H,3H2,1-2H3/i1D3,3D2. The first-order valence-electron chi connectivity index (χ1n) is 5.21. The van der Waals surface area contributed by atoms with Gasteiger partial charge in [-0.25, -0.2) is 4.79 Å². The number of nitrogens with zero attached hydrogens (tertiary/aromatic N) is 3. The quantitative estimate of drug-likeness (QED) is 0.575. The lowest BCUT2D eigenvalue weighted by molar-refractivity contribution is 0.0594. The van der Waals surface area contributed by atoms with Crippen molar-refractivity contribution in [3.63, 3.8) is 0 Å². The minimum atomic E-state index is -2.91. The molecule has 0 aliphatic heterocycles. The Kier molecular flexibility index (Phi) is 0.951. The molecule has 11 heavy (non-hydrogen) atoms. The molecule has 0 radical (unpaired) electrons. The van der Waals surface area contributed by atoms with E-state index in [0.717, 1.165) is 13.3 Å². The normalized spacial score (nSPS) is 18.8. The summed E-state index contributed by atoms with van der Waals surface area (Å²) in [6.07, 6.45) is 0.887. The number of aromatic nitrogens is 3. The van der Waals surface area contributed by atoms with Crippen molar-refractivity contribution in [2.24, 2.45) is 0 Å². The molecule has 0 amide bonds. The summed E-state index contributed by atoms with van der Waals surface area (Å²) in [5, 5.41) is 6.57. The number of aryl methyl sites for hydroxylation is 1. The number of rotatable bonds is 2. The van der Waals surface area contributed by atoms with Gasteiger partial charge in [0.1, 0.15) is 0 Å². The Morgan fingerprint density at radius 2 is 2.91 bits per heavy atom.